The Balaban J connectivity index is 2.19. The number of unbranched alkanes of at least 4 members (excludes halogenated alkanes) is 1. The fourth-order valence-corrected chi connectivity index (χ4v) is 1.27. The molecule has 0 aliphatic carbocycles. The third-order valence-corrected chi connectivity index (χ3v) is 2.05. The maximum absolute atomic E-state index is 5.54. The van der Waals surface area contributed by atoms with Crippen LogP contribution in [0.25, 0.3) is 11.0 Å². The zero-order valence-corrected chi connectivity index (χ0v) is 8.16. The summed E-state index contributed by atoms with van der Waals surface area (Å²) < 4.78 is 5.54. The Kier molecular flexibility index (Phi) is 2.62. The van der Waals surface area contributed by atoms with E-state index in [1.807, 2.05) is 12.3 Å². The van der Waals surface area contributed by atoms with Gasteiger partial charge in [-0.25, -0.2) is 4.98 Å². The fourth-order valence-electron chi connectivity index (χ4n) is 1.27. The van der Waals surface area contributed by atoms with Crippen molar-refractivity contribution in [3.05, 3.63) is 18.6 Å². The molecule has 2 rings (SSSR count). The molecular formula is C10H13N3O. The molecule has 0 aliphatic heterocycles. The van der Waals surface area contributed by atoms with E-state index in [0.717, 1.165) is 23.9 Å². The lowest BCUT2D eigenvalue weighted by Gasteiger charge is -2.03. The van der Waals surface area contributed by atoms with Gasteiger partial charge in [0.25, 0.3) is 0 Å². The Morgan fingerprint density at radius 1 is 1.43 bits per heavy atom. The minimum atomic E-state index is 0.647. The second-order valence-corrected chi connectivity index (χ2v) is 3.12. The summed E-state index contributed by atoms with van der Waals surface area (Å²) in [5, 5.41) is 0. The van der Waals surface area contributed by atoms with Gasteiger partial charge in [0.05, 0.1) is 12.1 Å². The molecule has 4 nitrogen and oxygen atoms in total. The average molecular weight is 191 g/mol. The summed E-state index contributed by atoms with van der Waals surface area (Å²) in [4.78, 5) is 11.3. The van der Waals surface area contributed by atoms with Crippen molar-refractivity contribution < 1.29 is 4.74 Å². The molecule has 0 aromatic carbocycles. The van der Waals surface area contributed by atoms with Crippen molar-refractivity contribution in [2.24, 2.45) is 0 Å². The molecule has 1 N–H and O–H groups in total. The summed E-state index contributed by atoms with van der Waals surface area (Å²) in [6.45, 7) is 2.84. The summed E-state index contributed by atoms with van der Waals surface area (Å²) in [6.07, 6.45) is 5.54. The Morgan fingerprint density at radius 3 is 3.21 bits per heavy atom. The first-order chi connectivity index (χ1) is 6.92. The highest BCUT2D eigenvalue weighted by Gasteiger charge is 2.04. The zero-order valence-electron chi connectivity index (χ0n) is 8.16. The second-order valence-electron chi connectivity index (χ2n) is 3.12. The van der Waals surface area contributed by atoms with E-state index >= 15 is 0 Å². The number of rotatable bonds is 4. The van der Waals surface area contributed by atoms with Crippen molar-refractivity contribution in [2.75, 3.05) is 6.61 Å². The fraction of sp³-hybridized carbons (Fsp3) is 0.400. The molecule has 74 valence electrons. The van der Waals surface area contributed by atoms with Crippen molar-refractivity contribution in [2.45, 2.75) is 19.8 Å². The number of aromatic amines is 1. The lowest BCUT2D eigenvalue weighted by Crippen LogP contribution is -1.99. The normalized spacial score (nSPS) is 10.6. The van der Waals surface area contributed by atoms with Crippen LogP contribution in [-0.4, -0.2) is 21.6 Å². The van der Waals surface area contributed by atoms with E-state index in [2.05, 4.69) is 21.9 Å². The number of nitrogens with zero attached hydrogens (tertiary/aromatic N) is 2. The highest BCUT2D eigenvalue weighted by molar-refractivity contribution is 5.79. The van der Waals surface area contributed by atoms with Crippen molar-refractivity contribution in [1.29, 1.82) is 0 Å². The van der Waals surface area contributed by atoms with Crippen LogP contribution >= 0.6 is 0 Å². The first-order valence-corrected chi connectivity index (χ1v) is 4.82. The van der Waals surface area contributed by atoms with Crippen LogP contribution in [0.3, 0.4) is 0 Å². The number of aromatic nitrogens is 3. The summed E-state index contributed by atoms with van der Waals surface area (Å²) in [5.74, 6) is 0.647. The molecule has 2 heterocycles. The van der Waals surface area contributed by atoms with Crippen LogP contribution in [-0.2, 0) is 0 Å². The van der Waals surface area contributed by atoms with Gasteiger partial charge in [0.1, 0.15) is 11.8 Å². The Hall–Kier alpha value is -1.58. The molecule has 0 fully saturated rings. The maximum atomic E-state index is 5.54. The highest BCUT2D eigenvalue weighted by Crippen LogP contribution is 2.18. The van der Waals surface area contributed by atoms with E-state index in [1.165, 1.54) is 6.33 Å². The topological polar surface area (TPSA) is 50.8 Å². The number of H-pyrrole nitrogens is 1. The van der Waals surface area contributed by atoms with Crippen LogP contribution < -0.4 is 4.74 Å². The van der Waals surface area contributed by atoms with Gasteiger partial charge in [0.2, 0.25) is 5.88 Å². The molecule has 2 aromatic rings. The van der Waals surface area contributed by atoms with Crippen LogP contribution in [0.1, 0.15) is 19.8 Å². The highest BCUT2D eigenvalue weighted by atomic mass is 16.5. The van der Waals surface area contributed by atoms with Crippen LogP contribution in [0, 0.1) is 0 Å². The average Bonchev–Trinajstić information content (AvgIpc) is 2.67. The quantitative estimate of drug-likeness (QED) is 0.753. The van der Waals surface area contributed by atoms with Gasteiger partial charge in [-0.2, -0.15) is 4.98 Å². The molecule has 0 bridgehead atoms. The molecule has 0 atom stereocenters. The number of nitrogens with one attached hydrogen (secondary N) is 1. The van der Waals surface area contributed by atoms with E-state index in [4.69, 9.17) is 4.74 Å². The van der Waals surface area contributed by atoms with Crippen LogP contribution in [0.2, 0.25) is 0 Å². The molecule has 0 aliphatic rings. The van der Waals surface area contributed by atoms with E-state index in [9.17, 15) is 0 Å². The first-order valence-electron chi connectivity index (χ1n) is 4.82. The standard InChI is InChI=1S/C10H13N3O/c1-2-3-6-14-10-9-8(4-5-11-9)12-7-13-10/h4-5,7,11H,2-3,6H2,1H3. The van der Waals surface area contributed by atoms with Gasteiger partial charge >= 0.3 is 0 Å². The van der Waals surface area contributed by atoms with Gasteiger partial charge in [-0.05, 0) is 12.5 Å². The summed E-state index contributed by atoms with van der Waals surface area (Å²) in [6, 6.07) is 1.91. The van der Waals surface area contributed by atoms with E-state index in [1.54, 1.807) is 0 Å². The number of ether oxygens (including phenoxy) is 1. The molecule has 0 radical (unpaired) electrons. The molecule has 0 saturated heterocycles. The minimum Gasteiger partial charge on any atom is -0.476 e. The lowest BCUT2D eigenvalue weighted by atomic mass is 10.4. The summed E-state index contributed by atoms with van der Waals surface area (Å²) in [7, 11) is 0. The van der Waals surface area contributed by atoms with Crippen molar-refractivity contribution in [3.8, 4) is 5.88 Å². The Morgan fingerprint density at radius 2 is 2.36 bits per heavy atom. The lowest BCUT2D eigenvalue weighted by molar-refractivity contribution is 0.301. The maximum Gasteiger partial charge on any atom is 0.241 e. The van der Waals surface area contributed by atoms with Crippen molar-refractivity contribution in [1.82, 2.24) is 15.0 Å². The number of hydrogen-bond donors (Lipinski definition) is 1. The van der Waals surface area contributed by atoms with Gasteiger partial charge in [0, 0.05) is 6.20 Å². The molecule has 14 heavy (non-hydrogen) atoms. The smallest absolute Gasteiger partial charge is 0.241 e. The third-order valence-electron chi connectivity index (χ3n) is 2.05. The number of fused-ring (bicyclic) bond motifs is 1. The van der Waals surface area contributed by atoms with Gasteiger partial charge in [-0.15, -0.1) is 0 Å². The molecule has 4 heteroatoms. The molecule has 0 spiro atoms. The Labute approximate surface area is 82.3 Å². The molecule has 0 saturated carbocycles. The van der Waals surface area contributed by atoms with Gasteiger partial charge < -0.3 is 9.72 Å². The van der Waals surface area contributed by atoms with Crippen molar-refractivity contribution in [3.63, 3.8) is 0 Å². The predicted molar refractivity (Wildman–Crippen MR) is 54.3 cm³/mol. The molecular weight excluding hydrogens is 178 g/mol. The van der Waals surface area contributed by atoms with Gasteiger partial charge in [0.15, 0.2) is 0 Å². The van der Waals surface area contributed by atoms with Crippen LogP contribution in [0.4, 0.5) is 0 Å². The predicted octanol–water partition coefficient (Wildman–Crippen LogP) is 2.14. The summed E-state index contributed by atoms with van der Waals surface area (Å²) in [5.41, 5.74) is 1.77. The second kappa shape index (κ2) is 4.09. The Bertz CT molecular complexity index is 410. The van der Waals surface area contributed by atoms with Gasteiger partial charge in [-0.3, -0.25) is 0 Å². The molecule has 0 amide bonds. The molecule has 2 aromatic heterocycles. The SMILES string of the molecule is CCCCOc1ncnc2cc[nH]c12. The zero-order chi connectivity index (χ0) is 9.80. The van der Waals surface area contributed by atoms with Crippen molar-refractivity contribution >= 4 is 11.0 Å². The van der Waals surface area contributed by atoms with E-state index in [-0.39, 0.29) is 0 Å². The van der Waals surface area contributed by atoms with E-state index < -0.39 is 0 Å². The summed E-state index contributed by atoms with van der Waals surface area (Å²) >= 11 is 0. The van der Waals surface area contributed by atoms with E-state index in [0.29, 0.717) is 12.5 Å². The van der Waals surface area contributed by atoms with Gasteiger partial charge in [-0.1, -0.05) is 13.3 Å². The largest absolute Gasteiger partial charge is 0.476 e. The van der Waals surface area contributed by atoms with Crippen LogP contribution in [0.5, 0.6) is 5.88 Å². The minimum absolute atomic E-state index is 0.647. The monoisotopic (exact) mass is 191 g/mol. The van der Waals surface area contributed by atoms with Crippen LogP contribution in [0.15, 0.2) is 18.6 Å². The molecule has 0 unspecified atom stereocenters. The number of hydrogen-bond acceptors (Lipinski definition) is 3. The third kappa shape index (κ3) is 1.69. The first kappa shape index (κ1) is 8.99.